The molecule has 1 rings (SSSR count). The van der Waals surface area contributed by atoms with Crippen molar-refractivity contribution in [3.63, 3.8) is 0 Å². The van der Waals surface area contributed by atoms with Crippen LogP contribution in [0.4, 0.5) is 5.69 Å². The van der Waals surface area contributed by atoms with E-state index in [1.165, 1.54) is 14.2 Å². The summed E-state index contributed by atoms with van der Waals surface area (Å²) in [4.78, 5) is 14.1. The summed E-state index contributed by atoms with van der Waals surface area (Å²) in [6.45, 7) is 0.477. The monoisotopic (exact) mass is 359 g/mol. The molecule has 1 aromatic rings. The summed E-state index contributed by atoms with van der Waals surface area (Å²) in [7, 11) is 3.18. The van der Waals surface area contributed by atoms with Crippen molar-refractivity contribution in [2.24, 2.45) is 0 Å². The zero-order chi connectivity index (χ0) is 18.3. The molecule has 1 N–H and O–H groups in total. The Labute approximate surface area is 143 Å². The number of sulfonamides is 1. The minimum absolute atomic E-state index is 0.231. The Hall–Kier alpha value is -1.84. The van der Waals surface area contributed by atoms with Crippen molar-refractivity contribution in [3.05, 3.63) is 18.2 Å². The fraction of sp³-hybridized carbons (Fsp3) is 0.533. The lowest BCUT2D eigenvalue weighted by Gasteiger charge is -2.21. The third-order valence-corrected chi connectivity index (χ3v) is 4.52. The lowest BCUT2D eigenvalue weighted by atomic mass is 10.2. The van der Waals surface area contributed by atoms with Crippen LogP contribution in [0.2, 0.25) is 0 Å². The molecule has 0 spiro atoms. The Bertz CT molecular complexity index is 661. The predicted molar refractivity (Wildman–Crippen MR) is 93.1 cm³/mol. The molecule has 0 fully saturated rings. The molecule has 0 aromatic heterocycles. The van der Waals surface area contributed by atoms with Crippen LogP contribution in [0, 0.1) is 0 Å². The van der Waals surface area contributed by atoms with Crippen LogP contribution in [0.15, 0.2) is 18.2 Å². The van der Waals surface area contributed by atoms with E-state index >= 15 is 0 Å². The average molecular weight is 359 g/mol. The molecule has 0 bridgehead atoms. The Balaban J connectivity index is 2.86. The van der Waals surface area contributed by atoms with Gasteiger partial charge in [0.05, 0.1) is 32.7 Å². The third-order valence-electron chi connectivity index (χ3n) is 3.27. The lowest BCUT2D eigenvalue weighted by molar-refractivity contribution is -0.116. The molecule has 1 amide bonds. The number of nitrogens with one attached hydrogen (secondary N) is 1. The van der Waals surface area contributed by atoms with Gasteiger partial charge in [-0.1, -0.05) is 0 Å². The molecule has 0 aliphatic heterocycles. The molecule has 24 heavy (non-hydrogen) atoms. The van der Waals surface area contributed by atoms with Crippen molar-refractivity contribution >= 4 is 21.6 Å². The van der Waals surface area contributed by atoms with Gasteiger partial charge in [-0.25, -0.2) is 8.42 Å². The highest BCUT2D eigenvalue weighted by Gasteiger charge is 2.21. The highest BCUT2D eigenvalue weighted by Crippen LogP contribution is 2.28. The van der Waals surface area contributed by atoms with Crippen molar-refractivity contribution in [2.75, 3.05) is 59.5 Å². The number of ether oxygens (including phenoxy) is 2. The second-order valence-corrected chi connectivity index (χ2v) is 7.50. The van der Waals surface area contributed by atoms with Crippen LogP contribution in [0.25, 0.3) is 0 Å². The SMILES string of the molecule is COc1ccc(OC)c(NC(=O)CN(CCN(C)C)S(C)(=O)=O)c1. The molecule has 0 radical (unpaired) electrons. The number of amides is 1. The maximum Gasteiger partial charge on any atom is 0.239 e. The average Bonchev–Trinajstić information content (AvgIpc) is 2.49. The summed E-state index contributed by atoms with van der Waals surface area (Å²) >= 11 is 0. The smallest absolute Gasteiger partial charge is 0.239 e. The topological polar surface area (TPSA) is 88.2 Å². The van der Waals surface area contributed by atoms with Crippen LogP contribution in [0.3, 0.4) is 0 Å². The first-order valence-corrected chi connectivity index (χ1v) is 9.14. The first-order valence-electron chi connectivity index (χ1n) is 7.29. The van der Waals surface area contributed by atoms with Crippen LogP contribution >= 0.6 is 0 Å². The van der Waals surface area contributed by atoms with Crippen LogP contribution < -0.4 is 14.8 Å². The lowest BCUT2D eigenvalue weighted by Crippen LogP contribution is -2.41. The molecule has 136 valence electrons. The molecule has 0 unspecified atom stereocenters. The first kappa shape index (κ1) is 20.2. The molecule has 1 aromatic carbocycles. The zero-order valence-electron chi connectivity index (χ0n) is 14.7. The second-order valence-electron chi connectivity index (χ2n) is 5.51. The fourth-order valence-electron chi connectivity index (χ4n) is 1.94. The van der Waals surface area contributed by atoms with Crippen molar-refractivity contribution in [1.82, 2.24) is 9.21 Å². The maximum atomic E-state index is 12.3. The number of nitrogens with zero attached hydrogens (tertiary/aromatic N) is 2. The van der Waals surface area contributed by atoms with Crippen molar-refractivity contribution < 1.29 is 22.7 Å². The van der Waals surface area contributed by atoms with Gasteiger partial charge >= 0.3 is 0 Å². The minimum Gasteiger partial charge on any atom is -0.497 e. The van der Waals surface area contributed by atoms with E-state index in [1.54, 1.807) is 18.2 Å². The molecule has 0 heterocycles. The summed E-state index contributed by atoms with van der Waals surface area (Å²) < 4.78 is 35.1. The first-order chi connectivity index (χ1) is 11.2. The van der Waals surface area contributed by atoms with Gasteiger partial charge in [0.15, 0.2) is 0 Å². The summed E-state index contributed by atoms with van der Waals surface area (Å²) in [6, 6.07) is 4.98. The number of likely N-dealkylation sites (N-methyl/N-ethyl adjacent to an activating group) is 1. The Morgan fingerprint density at radius 1 is 1.17 bits per heavy atom. The number of hydrogen-bond acceptors (Lipinski definition) is 6. The van der Waals surface area contributed by atoms with E-state index in [1.807, 2.05) is 19.0 Å². The van der Waals surface area contributed by atoms with Crippen LogP contribution in [0.5, 0.6) is 11.5 Å². The number of benzene rings is 1. The van der Waals surface area contributed by atoms with Gasteiger partial charge in [-0.2, -0.15) is 4.31 Å². The Morgan fingerprint density at radius 2 is 1.83 bits per heavy atom. The predicted octanol–water partition coefficient (Wildman–Crippen LogP) is 0.466. The molecule has 0 atom stereocenters. The standard InChI is InChI=1S/C15H25N3O5S/c1-17(2)8-9-18(24(5,20)21)11-15(19)16-13-10-12(22-3)6-7-14(13)23-4/h6-7,10H,8-9,11H2,1-5H3,(H,16,19). The van der Waals surface area contributed by atoms with E-state index < -0.39 is 15.9 Å². The number of anilines is 1. The van der Waals surface area contributed by atoms with E-state index in [-0.39, 0.29) is 13.1 Å². The van der Waals surface area contributed by atoms with Crippen molar-refractivity contribution in [2.45, 2.75) is 0 Å². The van der Waals surface area contributed by atoms with Crippen LogP contribution in [0.1, 0.15) is 0 Å². The number of carbonyl (C=O) groups is 1. The highest BCUT2D eigenvalue weighted by molar-refractivity contribution is 7.88. The maximum absolute atomic E-state index is 12.3. The molecular formula is C15H25N3O5S. The quantitative estimate of drug-likeness (QED) is 0.689. The van der Waals surface area contributed by atoms with Gasteiger partial charge in [-0.15, -0.1) is 0 Å². The minimum atomic E-state index is -3.49. The van der Waals surface area contributed by atoms with Crippen molar-refractivity contribution in [1.29, 1.82) is 0 Å². The molecule has 8 nitrogen and oxygen atoms in total. The fourth-order valence-corrected chi connectivity index (χ4v) is 2.70. The van der Waals surface area contributed by atoms with E-state index in [9.17, 15) is 13.2 Å². The second kappa shape index (κ2) is 8.86. The third kappa shape index (κ3) is 6.34. The van der Waals surface area contributed by atoms with Gasteiger partial charge in [0.2, 0.25) is 15.9 Å². The largest absolute Gasteiger partial charge is 0.497 e. The number of hydrogen-bond donors (Lipinski definition) is 1. The zero-order valence-corrected chi connectivity index (χ0v) is 15.5. The van der Waals surface area contributed by atoms with Gasteiger partial charge in [0.1, 0.15) is 11.5 Å². The van der Waals surface area contributed by atoms with Crippen molar-refractivity contribution in [3.8, 4) is 11.5 Å². The Morgan fingerprint density at radius 3 is 2.33 bits per heavy atom. The van der Waals surface area contributed by atoms with E-state index in [4.69, 9.17) is 9.47 Å². The molecule has 9 heteroatoms. The molecule has 0 aliphatic carbocycles. The molecule has 0 saturated carbocycles. The molecule has 0 saturated heterocycles. The van der Waals surface area contributed by atoms with Crippen LogP contribution in [-0.2, 0) is 14.8 Å². The number of methoxy groups -OCH3 is 2. The summed E-state index contributed by atoms with van der Waals surface area (Å²) in [6.07, 6.45) is 1.09. The van der Waals surface area contributed by atoms with E-state index in [2.05, 4.69) is 5.32 Å². The van der Waals surface area contributed by atoms with E-state index in [0.29, 0.717) is 23.7 Å². The van der Waals surface area contributed by atoms with E-state index in [0.717, 1.165) is 10.6 Å². The summed E-state index contributed by atoms with van der Waals surface area (Å²) in [5.74, 6) is 0.563. The van der Waals surface area contributed by atoms with Gasteiger partial charge in [0.25, 0.3) is 0 Å². The normalized spacial score (nSPS) is 11.6. The van der Waals surface area contributed by atoms with Crippen LogP contribution in [-0.4, -0.2) is 77.7 Å². The number of carbonyl (C=O) groups excluding carboxylic acids is 1. The molecule has 0 aliphatic rings. The van der Waals surface area contributed by atoms with Gasteiger partial charge in [-0.3, -0.25) is 4.79 Å². The van der Waals surface area contributed by atoms with Gasteiger partial charge in [0, 0.05) is 19.2 Å². The Kier molecular flexibility index (Phi) is 7.46. The summed E-state index contributed by atoms with van der Waals surface area (Å²) in [5.41, 5.74) is 0.419. The van der Waals surface area contributed by atoms with Gasteiger partial charge in [-0.05, 0) is 26.2 Å². The molecular weight excluding hydrogens is 334 g/mol. The number of rotatable bonds is 9. The highest BCUT2D eigenvalue weighted by atomic mass is 32.2. The summed E-state index contributed by atoms with van der Waals surface area (Å²) in [5, 5.41) is 2.66. The van der Waals surface area contributed by atoms with Gasteiger partial charge < -0.3 is 19.7 Å².